The van der Waals surface area contributed by atoms with E-state index in [-0.39, 0.29) is 43.1 Å². The van der Waals surface area contributed by atoms with Crippen LogP contribution in [-0.4, -0.2) is 37.2 Å². The van der Waals surface area contributed by atoms with Gasteiger partial charge in [0.15, 0.2) is 0 Å². The number of nitrogens with one attached hydrogen (secondary N) is 1. The maximum atomic E-state index is 11.3. The Morgan fingerprint density at radius 3 is 2.29 bits per heavy atom. The molecular formula is C19H27Cl3N4O2. The topological polar surface area (TPSA) is 80.5 Å². The number of morpholine rings is 1. The Morgan fingerprint density at radius 1 is 1.00 bits per heavy atom. The zero-order chi connectivity index (χ0) is 17.5. The predicted octanol–water partition coefficient (Wildman–Crippen LogP) is 2.50. The number of nitrogens with zero attached hydrogens (tertiary/aromatic N) is 2. The summed E-state index contributed by atoms with van der Waals surface area (Å²) < 4.78 is 5.40. The lowest BCUT2D eigenvalue weighted by atomic mass is 10.0. The smallest absolute Gasteiger partial charge is 0.238 e. The van der Waals surface area contributed by atoms with E-state index in [0.29, 0.717) is 6.42 Å². The normalized spacial score (nSPS) is 12.8. The first-order valence-electron chi connectivity index (χ1n) is 8.60. The molecule has 156 valence electrons. The molecule has 2 heterocycles. The van der Waals surface area contributed by atoms with Crippen LogP contribution >= 0.6 is 37.2 Å². The fourth-order valence-electron chi connectivity index (χ4n) is 2.91. The molecular weight excluding hydrogens is 423 g/mol. The monoisotopic (exact) mass is 448 g/mol. The number of hydrogen-bond acceptors (Lipinski definition) is 5. The van der Waals surface area contributed by atoms with Crippen molar-refractivity contribution in [1.29, 1.82) is 0 Å². The van der Waals surface area contributed by atoms with Crippen molar-refractivity contribution in [3.05, 3.63) is 59.3 Å². The Balaban J connectivity index is 0.00000243. The summed E-state index contributed by atoms with van der Waals surface area (Å²) in [4.78, 5) is 18.3. The number of nitrogens with two attached hydrogens (primary N) is 1. The van der Waals surface area contributed by atoms with E-state index in [1.54, 1.807) is 0 Å². The largest absolute Gasteiger partial charge is 0.378 e. The maximum absolute atomic E-state index is 11.3. The van der Waals surface area contributed by atoms with Gasteiger partial charge in [0, 0.05) is 18.8 Å². The van der Waals surface area contributed by atoms with Crippen molar-refractivity contribution in [2.75, 3.05) is 31.2 Å². The zero-order valence-electron chi connectivity index (χ0n) is 15.5. The number of hydrazine groups is 1. The molecule has 1 saturated heterocycles. The van der Waals surface area contributed by atoms with Crippen molar-refractivity contribution in [1.82, 2.24) is 10.4 Å². The third-order valence-electron chi connectivity index (χ3n) is 4.35. The molecule has 0 atom stereocenters. The number of benzene rings is 1. The average Bonchev–Trinajstić information content (AvgIpc) is 2.68. The van der Waals surface area contributed by atoms with Crippen LogP contribution in [-0.2, 0) is 28.8 Å². The summed E-state index contributed by atoms with van der Waals surface area (Å²) in [6.07, 6.45) is 2.11. The number of ether oxygens (including phenoxy) is 1. The van der Waals surface area contributed by atoms with Crippen LogP contribution in [0.25, 0.3) is 0 Å². The van der Waals surface area contributed by atoms with Gasteiger partial charge in [-0.1, -0.05) is 30.3 Å². The number of hydrogen-bond donors (Lipinski definition) is 2. The molecule has 1 fully saturated rings. The van der Waals surface area contributed by atoms with Gasteiger partial charge < -0.3 is 9.64 Å². The lowest BCUT2D eigenvalue weighted by molar-refractivity contribution is -0.120. The summed E-state index contributed by atoms with van der Waals surface area (Å²) in [6, 6.07) is 14.3. The number of amides is 1. The number of halogens is 3. The van der Waals surface area contributed by atoms with E-state index >= 15 is 0 Å². The van der Waals surface area contributed by atoms with Crippen molar-refractivity contribution in [3.8, 4) is 0 Å². The number of anilines is 1. The highest BCUT2D eigenvalue weighted by Gasteiger charge is 2.12. The van der Waals surface area contributed by atoms with E-state index in [0.717, 1.165) is 56.2 Å². The first-order valence-corrected chi connectivity index (χ1v) is 8.60. The van der Waals surface area contributed by atoms with Crippen LogP contribution < -0.4 is 16.2 Å². The molecule has 28 heavy (non-hydrogen) atoms. The van der Waals surface area contributed by atoms with E-state index in [4.69, 9.17) is 15.6 Å². The van der Waals surface area contributed by atoms with Gasteiger partial charge in [-0.15, -0.1) is 37.2 Å². The van der Waals surface area contributed by atoms with E-state index in [1.165, 1.54) is 5.56 Å². The van der Waals surface area contributed by atoms with Crippen LogP contribution in [0.15, 0.2) is 42.5 Å². The summed E-state index contributed by atoms with van der Waals surface area (Å²) in [5, 5.41) is 0. The Kier molecular flexibility index (Phi) is 12.8. The number of pyridine rings is 1. The second-order valence-corrected chi connectivity index (χ2v) is 6.15. The predicted molar refractivity (Wildman–Crippen MR) is 119 cm³/mol. The van der Waals surface area contributed by atoms with Gasteiger partial charge in [0.2, 0.25) is 5.91 Å². The van der Waals surface area contributed by atoms with Crippen molar-refractivity contribution in [2.24, 2.45) is 5.84 Å². The highest BCUT2D eigenvalue weighted by molar-refractivity contribution is 5.86. The molecule has 9 heteroatoms. The van der Waals surface area contributed by atoms with Crippen LogP contribution in [0.2, 0.25) is 0 Å². The molecule has 0 spiro atoms. The lowest BCUT2D eigenvalue weighted by Gasteiger charge is -2.28. The third kappa shape index (κ3) is 7.81. The lowest BCUT2D eigenvalue weighted by Crippen LogP contribution is -2.36. The minimum absolute atomic E-state index is 0. The summed E-state index contributed by atoms with van der Waals surface area (Å²) in [5.74, 6) is 5.96. The highest BCUT2D eigenvalue weighted by atomic mass is 35.5. The molecule has 0 bridgehead atoms. The number of carbonyl (C=O) groups is 1. The standard InChI is InChI=1S/C19H24N4O2.3ClH/c20-22-19(24)14-16-6-4-15(5-7-16)8-9-17-2-1-3-18(21-17)23-10-12-25-13-11-23;;;/h1-7H,8-14,20H2,(H,22,24);3*1H. The summed E-state index contributed by atoms with van der Waals surface area (Å²) >= 11 is 0. The zero-order valence-corrected chi connectivity index (χ0v) is 18.0. The molecule has 0 aliphatic carbocycles. The molecule has 1 aromatic heterocycles. The van der Waals surface area contributed by atoms with Crippen LogP contribution in [0.1, 0.15) is 16.8 Å². The molecule has 0 radical (unpaired) electrons. The van der Waals surface area contributed by atoms with E-state index in [9.17, 15) is 4.79 Å². The van der Waals surface area contributed by atoms with Gasteiger partial charge in [0.25, 0.3) is 0 Å². The first kappa shape index (κ1) is 26.4. The van der Waals surface area contributed by atoms with E-state index in [1.807, 2.05) is 12.1 Å². The second-order valence-electron chi connectivity index (χ2n) is 6.15. The number of aromatic nitrogens is 1. The van der Waals surface area contributed by atoms with Crippen molar-refractivity contribution < 1.29 is 9.53 Å². The van der Waals surface area contributed by atoms with Crippen LogP contribution in [0.3, 0.4) is 0 Å². The van der Waals surface area contributed by atoms with Crippen molar-refractivity contribution in [3.63, 3.8) is 0 Å². The van der Waals surface area contributed by atoms with Crippen molar-refractivity contribution in [2.45, 2.75) is 19.3 Å². The summed E-state index contributed by atoms with van der Waals surface area (Å²) in [6.45, 7) is 3.32. The Labute approximate surface area is 184 Å². The number of carbonyl (C=O) groups excluding carboxylic acids is 1. The molecule has 3 N–H and O–H groups in total. The second kappa shape index (κ2) is 13.6. The third-order valence-corrected chi connectivity index (χ3v) is 4.35. The molecule has 1 aliphatic rings. The van der Waals surface area contributed by atoms with Gasteiger partial charge >= 0.3 is 0 Å². The van der Waals surface area contributed by atoms with Crippen molar-refractivity contribution >= 4 is 48.9 Å². The maximum Gasteiger partial charge on any atom is 0.238 e. The minimum atomic E-state index is -0.183. The fourth-order valence-corrected chi connectivity index (χ4v) is 2.91. The first-order chi connectivity index (χ1) is 12.2. The Bertz CT molecular complexity index is 711. The number of rotatable bonds is 6. The molecule has 1 amide bonds. The van der Waals surface area contributed by atoms with Gasteiger partial charge in [-0.3, -0.25) is 10.2 Å². The molecule has 0 saturated carbocycles. The SMILES string of the molecule is Cl.Cl.Cl.NNC(=O)Cc1ccc(CCc2cccc(N3CCOCC3)n2)cc1. The summed E-state index contributed by atoms with van der Waals surface area (Å²) in [7, 11) is 0. The fraction of sp³-hybridized carbons (Fsp3) is 0.368. The molecule has 1 aliphatic heterocycles. The average molecular weight is 450 g/mol. The van der Waals surface area contributed by atoms with Gasteiger partial charge in [-0.25, -0.2) is 10.8 Å². The van der Waals surface area contributed by atoms with Gasteiger partial charge in [-0.2, -0.15) is 0 Å². The number of aryl methyl sites for hydroxylation is 2. The van der Waals surface area contributed by atoms with Gasteiger partial charge in [-0.05, 0) is 36.1 Å². The minimum Gasteiger partial charge on any atom is -0.378 e. The quantitative estimate of drug-likeness (QED) is 0.402. The molecule has 3 rings (SSSR count). The van der Waals surface area contributed by atoms with Crippen LogP contribution in [0.4, 0.5) is 5.82 Å². The summed E-state index contributed by atoms with van der Waals surface area (Å²) in [5.41, 5.74) is 5.43. The van der Waals surface area contributed by atoms with Gasteiger partial charge in [0.05, 0.1) is 19.6 Å². The van der Waals surface area contributed by atoms with Crippen LogP contribution in [0.5, 0.6) is 0 Å². The Morgan fingerprint density at radius 2 is 1.64 bits per heavy atom. The van der Waals surface area contributed by atoms with E-state index in [2.05, 4.69) is 40.7 Å². The van der Waals surface area contributed by atoms with E-state index < -0.39 is 0 Å². The highest BCUT2D eigenvalue weighted by Crippen LogP contribution is 2.15. The molecule has 6 nitrogen and oxygen atoms in total. The molecule has 2 aromatic rings. The molecule has 1 aromatic carbocycles. The molecule has 0 unspecified atom stereocenters. The Hall–Kier alpha value is -1.57. The van der Waals surface area contributed by atoms with Crippen LogP contribution in [0, 0.1) is 0 Å². The van der Waals surface area contributed by atoms with Gasteiger partial charge in [0.1, 0.15) is 5.82 Å².